The second-order valence-electron chi connectivity index (χ2n) is 4.90. The lowest BCUT2D eigenvalue weighted by atomic mass is 10.1. The predicted molar refractivity (Wildman–Crippen MR) is 90.2 cm³/mol. The van der Waals surface area contributed by atoms with E-state index in [4.69, 9.17) is 4.98 Å². The zero-order valence-corrected chi connectivity index (χ0v) is 12.7. The molecule has 0 spiro atoms. The summed E-state index contributed by atoms with van der Waals surface area (Å²) in [5, 5.41) is 3.52. The fourth-order valence-corrected chi connectivity index (χ4v) is 2.89. The van der Waals surface area contributed by atoms with Crippen LogP contribution in [0.25, 0.3) is 33.1 Å². The highest BCUT2D eigenvalue weighted by molar-refractivity contribution is 9.10. The first kappa shape index (κ1) is 12.5. The molecule has 4 aromatic rings. The molecule has 0 unspecified atom stereocenters. The van der Waals surface area contributed by atoms with Crippen molar-refractivity contribution in [2.45, 2.75) is 0 Å². The fraction of sp³-hybridized carbons (Fsp3) is 0. The molecular formula is C18H11BrN2. The van der Waals surface area contributed by atoms with Gasteiger partial charge in [0.15, 0.2) is 0 Å². The topological polar surface area (TPSA) is 25.8 Å². The Morgan fingerprint density at radius 2 is 1.38 bits per heavy atom. The Balaban J connectivity index is 2.02. The third kappa shape index (κ3) is 2.20. The van der Waals surface area contributed by atoms with Gasteiger partial charge in [-0.15, -0.1) is 0 Å². The van der Waals surface area contributed by atoms with Gasteiger partial charge in [-0.1, -0.05) is 48.5 Å². The zero-order chi connectivity index (χ0) is 14.2. The summed E-state index contributed by atoms with van der Waals surface area (Å²) < 4.78 is 0.819. The van der Waals surface area contributed by atoms with Crippen molar-refractivity contribution in [3.8, 4) is 11.4 Å². The average molecular weight is 335 g/mol. The van der Waals surface area contributed by atoms with Crippen LogP contribution >= 0.6 is 15.9 Å². The van der Waals surface area contributed by atoms with Gasteiger partial charge in [-0.25, -0.2) is 9.97 Å². The maximum Gasteiger partial charge on any atom is 0.106 e. The highest BCUT2D eigenvalue weighted by Crippen LogP contribution is 2.26. The highest BCUT2D eigenvalue weighted by atomic mass is 79.9. The van der Waals surface area contributed by atoms with Crippen LogP contribution in [0, 0.1) is 0 Å². The van der Waals surface area contributed by atoms with Gasteiger partial charge in [0.25, 0.3) is 0 Å². The molecule has 0 saturated heterocycles. The summed E-state index contributed by atoms with van der Waals surface area (Å²) in [6, 6.07) is 22.6. The fourth-order valence-electron chi connectivity index (χ4n) is 2.55. The lowest BCUT2D eigenvalue weighted by Crippen LogP contribution is -1.89. The minimum Gasteiger partial charge on any atom is -0.245 e. The van der Waals surface area contributed by atoms with Gasteiger partial charge in [0.2, 0.25) is 0 Å². The molecule has 2 aromatic heterocycles. The second kappa shape index (κ2) is 4.93. The molecular weight excluding hydrogens is 324 g/mol. The van der Waals surface area contributed by atoms with Gasteiger partial charge in [-0.2, -0.15) is 0 Å². The van der Waals surface area contributed by atoms with Crippen molar-refractivity contribution in [1.29, 1.82) is 0 Å². The molecule has 0 aliphatic heterocycles. The summed E-state index contributed by atoms with van der Waals surface area (Å²) in [4.78, 5) is 9.32. The van der Waals surface area contributed by atoms with Crippen molar-refractivity contribution in [2.24, 2.45) is 0 Å². The summed E-state index contributed by atoms with van der Waals surface area (Å²) in [7, 11) is 0. The Kier molecular flexibility index (Phi) is 2.93. The molecule has 3 heteroatoms. The number of aromatic nitrogens is 2. The van der Waals surface area contributed by atoms with Crippen molar-refractivity contribution in [3.05, 3.63) is 71.3 Å². The molecule has 0 N–H and O–H groups in total. The van der Waals surface area contributed by atoms with Gasteiger partial charge >= 0.3 is 0 Å². The van der Waals surface area contributed by atoms with E-state index in [0.29, 0.717) is 0 Å². The zero-order valence-electron chi connectivity index (χ0n) is 11.1. The third-order valence-electron chi connectivity index (χ3n) is 3.56. The van der Waals surface area contributed by atoms with Crippen LogP contribution in [0.15, 0.2) is 71.3 Å². The van der Waals surface area contributed by atoms with Crippen LogP contribution in [0.3, 0.4) is 0 Å². The summed E-state index contributed by atoms with van der Waals surface area (Å²) in [6.07, 6.45) is 0. The number of halogens is 1. The van der Waals surface area contributed by atoms with E-state index in [1.807, 2.05) is 36.4 Å². The molecule has 2 aromatic carbocycles. The number of nitrogens with zero attached hydrogens (tertiary/aromatic N) is 2. The predicted octanol–water partition coefficient (Wildman–Crippen LogP) is 5.21. The van der Waals surface area contributed by atoms with Gasteiger partial charge in [0, 0.05) is 10.8 Å². The van der Waals surface area contributed by atoms with Gasteiger partial charge < -0.3 is 0 Å². The molecule has 21 heavy (non-hydrogen) atoms. The van der Waals surface area contributed by atoms with Crippen molar-refractivity contribution >= 4 is 37.6 Å². The Bertz CT molecular complexity index is 963. The number of hydrogen-bond acceptors (Lipinski definition) is 2. The molecule has 0 atom stereocenters. The first-order chi connectivity index (χ1) is 10.3. The highest BCUT2D eigenvalue weighted by Gasteiger charge is 2.06. The van der Waals surface area contributed by atoms with Crippen molar-refractivity contribution in [1.82, 2.24) is 9.97 Å². The Morgan fingerprint density at radius 1 is 0.619 bits per heavy atom. The maximum atomic E-state index is 4.83. The lowest BCUT2D eigenvalue weighted by molar-refractivity contribution is 1.24. The molecule has 0 fully saturated rings. The number of hydrogen-bond donors (Lipinski definition) is 0. The smallest absolute Gasteiger partial charge is 0.106 e. The number of rotatable bonds is 1. The van der Waals surface area contributed by atoms with E-state index in [0.717, 1.165) is 26.9 Å². The first-order valence-corrected chi connectivity index (χ1v) is 7.52. The van der Waals surface area contributed by atoms with Crippen LogP contribution < -0.4 is 0 Å². The Labute approximate surface area is 130 Å². The number of pyridine rings is 2. The maximum absolute atomic E-state index is 4.83. The van der Waals surface area contributed by atoms with Crippen LogP contribution in [0.5, 0.6) is 0 Å². The third-order valence-corrected chi connectivity index (χ3v) is 4.00. The van der Waals surface area contributed by atoms with Crippen molar-refractivity contribution < 1.29 is 0 Å². The van der Waals surface area contributed by atoms with E-state index in [-0.39, 0.29) is 0 Å². The van der Waals surface area contributed by atoms with Gasteiger partial charge in [0.05, 0.1) is 16.9 Å². The molecule has 0 aliphatic rings. The van der Waals surface area contributed by atoms with Gasteiger partial charge in [-0.05, 0) is 39.5 Å². The molecule has 2 nitrogen and oxygen atoms in total. The summed E-state index contributed by atoms with van der Waals surface area (Å²) in [6.45, 7) is 0. The molecule has 0 saturated carbocycles. The van der Waals surface area contributed by atoms with Gasteiger partial charge in [-0.3, -0.25) is 0 Å². The van der Waals surface area contributed by atoms with Crippen LogP contribution in [0.4, 0.5) is 0 Å². The molecule has 4 rings (SSSR count). The number of fused-ring (bicyclic) bond motifs is 3. The van der Waals surface area contributed by atoms with Crippen LogP contribution in [-0.2, 0) is 0 Å². The standard InChI is InChI=1S/C18H11BrN2/c19-17-7-3-6-15(20-17)16-11-10-13-9-8-12-4-1-2-5-14(12)18(13)21-16/h1-11H. The molecule has 100 valence electrons. The molecule has 0 radical (unpaired) electrons. The van der Waals surface area contributed by atoms with E-state index < -0.39 is 0 Å². The van der Waals surface area contributed by atoms with Crippen LogP contribution in [0.1, 0.15) is 0 Å². The largest absolute Gasteiger partial charge is 0.245 e. The molecule has 0 aliphatic carbocycles. The second-order valence-corrected chi connectivity index (χ2v) is 5.71. The SMILES string of the molecule is Brc1cccc(-c2ccc3ccc4ccccc4c3n2)n1. The summed E-state index contributed by atoms with van der Waals surface area (Å²) in [5.74, 6) is 0. The van der Waals surface area contributed by atoms with Crippen molar-refractivity contribution in [3.63, 3.8) is 0 Å². The normalized spacial score (nSPS) is 11.1. The monoisotopic (exact) mass is 334 g/mol. The number of benzene rings is 2. The van der Waals surface area contributed by atoms with E-state index in [2.05, 4.69) is 51.2 Å². The molecule has 0 bridgehead atoms. The van der Waals surface area contributed by atoms with E-state index in [1.54, 1.807) is 0 Å². The first-order valence-electron chi connectivity index (χ1n) is 6.73. The van der Waals surface area contributed by atoms with Gasteiger partial charge in [0.1, 0.15) is 4.60 Å². The van der Waals surface area contributed by atoms with Crippen LogP contribution in [0.2, 0.25) is 0 Å². The molecule has 0 amide bonds. The summed E-state index contributed by atoms with van der Waals surface area (Å²) in [5.41, 5.74) is 2.78. The Morgan fingerprint density at radius 3 is 2.29 bits per heavy atom. The van der Waals surface area contributed by atoms with Crippen molar-refractivity contribution in [2.75, 3.05) is 0 Å². The quantitative estimate of drug-likeness (QED) is 0.352. The summed E-state index contributed by atoms with van der Waals surface area (Å²) >= 11 is 3.41. The molecule has 2 heterocycles. The van der Waals surface area contributed by atoms with E-state index in [1.165, 1.54) is 10.8 Å². The average Bonchev–Trinajstić information content (AvgIpc) is 2.54. The lowest BCUT2D eigenvalue weighted by Gasteiger charge is -2.06. The van der Waals surface area contributed by atoms with E-state index >= 15 is 0 Å². The Hall–Kier alpha value is -2.26. The minimum atomic E-state index is 0.819. The van der Waals surface area contributed by atoms with Crippen LogP contribution in [-0.4, -0.2) is 9.97 Å². The van der Waals surface area contributed by atoms with E-state index in [9.17, 15) is 0 Å². The minimum absolute atomic E-state index is 0.819.